The summed E-state index contributed by atoms with van der Waals surface area (Å²) in [6.07, 6.45) is 1.95. The van der Waals surface area contributed by atoms with Crippen molar-refractivity contribution in [1.29, 1.82) is 0 Å². The van der Waals surface area contributed by atoms with E-state index in [1.54, 1.807) is 0 Å². The highest BCUT2D eigenvalue weighted by molar-refractivity contribution is 9.10. The minimum absolute atomic E-state index is 0.0258. The van der Waals surface area contributed by atoms with Crippen LogP contribution in [-0.2, 0) is 0 Å². The molecule has 1 heterocycles. The summed E-state index contributed by atoms with van der Waals surface area (Å²) >= 11 is 9.76. The smallest absolute Gasteiger partial charge is 0.306 e. The number of hydrogen-bond donors (Lipinski definition) is 2. The first-order chi connectivity index (χ1) is 7.61. The van der Waals surface area contributed by atoms with Crippen molar-refractivity contribution in [1.82, 2.24) is 9.97 Å². The first-order valence-electron chi connectivity index (χ1n) is 5.17. The Balaban J connectivity index is 2.52. The minimum atomic E-state index is -0.194. The van der Waals surface area contributed by atoms with Crippen LogP contribution in [0.4, 0.5) is 0 Å². The predicted molar refractivity (Wildman–Crippen MR) is 70.1 cm³/mol. The molecule has 0 saturated heterocycles. The SMILES string of the molecule is CCCC(Cl)c1cc2[nH]c(=O)[nH]c2cc1Br. The maximum atomic E-state index is 11.1. The number of imidazole rings is 1. The zero-order valence-corrected chi connectivity index (χ0v) is 11.2. The molecule has 0 spiro atoms. The standard InChI is InChI=1S/C11H12BrClN2O/c1-2-3-8(13)6-4-9-10(5-7(6)12)15-11(16)14-9/h4-5,8H,2-3H2,1H3,(H2,14,15,16). The summed E-state index contributed by atoms with van der Waals surface area (Å²) in [5.41, 5.74) is 2.41. The molecule has 3 nitrogen and oxygen atoms in total. The fourth-order valence-corrected chi connectivity index (χ4v) is 2.87. The third-order valence-electron chi connectivity index (χ3n) is 2.51. The van der Waals surface area contributed by atoms with Gasteiger partial charge >= 0.3 is 5.69 Å². The number of H-pyrrole nitrogens is 2. The molecule has 0 amide bonds. The number of aromatic nitrogens is 2. The molecule has 1 unspecified atom stereocenters. The number of nitrogens with one attached hydrogen (secondary N) is 2. The number of aromatic amines is 2. The number of halogens is 2. The molecule has 0 radical (unpaired) electrons. The molecule has 0 fully saturated rings. The van der Waals surface area contributed by atoms with Gasteiger partial charge in [0.2, 0.25) is 0 Å². The van der Waals surface area contributed by atoms with Crippen LogP contribution in [0.15, 0.2) is 21.4 Å². The Morgan fingerprint density at radius 1 is 1.38 bits per heavy atom. The van der Waals surface area contributed by atoms with Crippen LogP contribution in [0.5, 0.6) is 0 Å². The summed E-state index contributed by atoms with van der Waals surface area (Å²) < 4.78 is 0.934. The lowest BCUT2D eigenvalue weighted by molar-refractivity contribution is 0.768. The molecular weight excluding hydrogens is 291 g/mol. The lowest BCUT2D eigenvalue weighted by Crippen LogP contribution is -1.99. The van der Waals surface area contributed by atoms with E-state index in [-0.39, 0.29) is 11.1 Å². The Labute approximate surface area is 106 Å². The van der Waals surface area contributed by atoms with Crippen molar-refractivity contribution in [2.45, 2.75) is 25.1 Å². The van der Waals surface area contributed by atoms with Crippen LogP contribution in [0.3, 0.4) is 0 Å². The van der Waals surface area contributed by atoms with Crippen LogP contribution in [0.1, 0.15) is 30.7 Å². The van der Waals surface area contributed by atoms with Crippen LogP contribution >= 0.6 is 27.5 Å². The van der Waals surface area contributed by atoms with Gasteiger partial charge in [0.15, 0.2) is 0 Å². The Morgan fingerprint density at radius 3 is 2.62 bits per heavy atom. The van der Waals surface area contributed by atoms with E-state index < -0.39 is 0 Å². The highest BCUT2D eigenvalue weighted by Crippen LogP contribution is 2.33. The third kappa shape index (κ3) is 2.18. The largest absolute Gasteiger partial charge is 0.323 e. The highest BCUT2D eigenvalue weighted by Gasteiger charge is 2.12. The quantitative estimate of drug-likeness (QED) is 0.835. The van der Waals surface area contributed by atoms with Gasteiger partial charge in [-0.1, -0.05) is 29.3 Å². The molecule has 2 rings (SSSR count). The van der Waals surface area contributed by atoms with Crippen molar-refractivity contribution in [2.75, 3.05) is 0 Å². The Kier molecular flexibility index (Phi) is 3.40. The van der Waals surface area contributed by atoms with Gasteiger partial charge in [0.05, 0.1) is 16.4 Å². The van der Waals surface area contributed by atoms with E-state index in [1.165, 1.54) is 0 Å². The first kappa shape index (κ1) is 11.7. The number of alkyl halides is 1. The van der Waals surface area contributed by atoms with E-state index in [0.717, 1.165) is 33.9 Å². The maximum absolute atomic E-state index is 11.1. The molecule has 0 aliphatic heterocycles. The summed E-state index contributed by atoms with van der Waals surface area (Å²) in [5.74, 6) is 0. The zero-order chi connectivity index (χ0) is 11.7. The van der Waals surface area contributed by atoms with Crippen molar-refractivity contribution in [3.05, 3.63) is 32.7 Å². The third-order valence-corrected chi connectivity index (χ3v) is 3.65. The van der Waals surface area contributed by atoms with E-state index in [1.807, 2.05) is 12.1 Å². The Morgan fingerprint density at radius 2 is 2.00 bits per heavy atom. The van der Waals surface area contributed by atoms with E-state index in [9.17, 15) is 4.79 Å². The van der Waals surface area contributed by atoms with Crippen molar-refractivity contribution >= 4 is 38.6 Å². The average molecular weight is 304 g/mol. The summed E-state index contributed by atoms with van der Waals surface area (Å²) in [4.78, 5) is 16.6. The molecular formula is C11H12BrClN2O. The van der Waals surface area contributed by atoms with Gasteiger partial charge in [0.25, 0.3) is 0 Å². The molecule has 1 atom stereocenters. The second kappa shape index (κ2) is 4.63. The zero-order valence-electron chi connectivity index (χ0n) is 8.81. The Bertz CT molecular complexity index is 561. The number of benzene rings is 1. The number of rotatable bonds is 3. The van der Waals surface area contributed by atoms with E-state index in [4.69, 9.17) is 11.6 Å². The Hall–Kier alpha value is -0.740. The van der Waals surface area contributed by atoms with E-state index in [2.05, 4.69) is 32.8 Å². The fraction of sp³-hybridized carbons (Fsp3) is 0.364. The summed E-state index contributed by atoms with van der Waals surface area (Å²) in [6.45, 7) is 2.10. The predicted octanol–water partition coefficient (Wildman–Crippen LogP) is 3.70. The normalized spacial score (nSPS) is 13.2. The number of fused-ring (bicyclic) bond motifs is 1. The second-order valence-corrected chi connectivity index (χ2v) is 5.14. The van der Waals surface area contributed by atoms with Crippen LogP contribution < -0.4 is 5.69 Å². The topological polar surface area (TPSA) is 48.6 Å². The molecule has 0 saturated carbocycles. The van der Waals surface area contributed by atoms with Crippen LogP contribution in [0.25, 0.3) is 11.0 Å². The molecule has 16 heavy (non-hydrogen) atoms. The van der Waals surface area contributed by atoms with Gasteiger partial charge in [0.1, 0.15) is 0 Å². The highest BCUT2D eigenvalue weighted by atomic mass is 79.9. The van der Waals surface area contributed by atoms with E-state index in [0.29, 0.717) is 0 Å². The monoisotopic (exact) mass is 302 g/mol. The number of hydrogen-bond acceptors (Lipinski definition) is 1. The van der Waals surface area contributed by atoms with Gasteiger partial charge in [-0.25, -0.2) is 4.79 Å². The molecule has 0 bridgehead atoms. The van der Waals surface area contributed by atoms with Gasteiger partial charge in [-0.15, -0.1) is 11.6 Å². The van der Waals surface area contributed by atoms with Crippen LogP contribution in [0, 0.1) is 0 Å². The van der Waals surface area contributed by atoms with Crippen LogP contribution in [-0.4, -0.2) is 9.97 Å². The first-order valence-corrected chi connectivity index (χ1v) is 6.40. The summed E-state index contributed by atoms with van der Waals surface area (Å²) in [5, 5.41) is -0.0258. The van der Waals surface area contributed by atoms with Crippen molar-refractivity contribution in [3.63, 3.8) is 0 Å². The minimum Gasteiger partial charge on any atom is -0.306 e. The lowest BCUT2D eigenvalue weighted by Gasteiger charge is -2.10. The lowest BCUT2D eigenvalue weighted by atomic mass is 10.1. The molecule has 0 aliphatic carbocycles. The average Bonchev–Trinajstić information content (AvgIpc) is 2.56. The van der Waals surface area contributed by atoms with Gasteiger partial charge < -0.3 is 9.97 Å². The summed E-state index contributed by atoms with van der Waals surface area (Å²) in [6, 6.07) is 3.80. The fourth-order valence-electron chi connectivity index (χ4n) is 1.72. The van der Waals surface area contributed by atoms with Gasteiger partial charge in [-0.3, -0.25) is 0 Å². The second-order valence-electron chi connectivity index (χ2n) is 3.75. The molecule has 1 aromatic heterocycles. The molecule has 1 aromatic carbocycles. The van der Waals surface area contributed by atoms with Crippen LogP contribution in [0.2, 0.25) is 0 Å². The van der Waals surface area contributed by atoms with Gasteiger partial charge in [0, 0.05) is 4.47 Å². The van der Waals surface area contributed by atoms with Gasteiger partial charge in [-0.2, -0.15) is 0 Å². The van der Waals surface area contributed by atoms with E-state index >= 15 is 0 Å². The molecule has 0 aliphatic rings. The molecule has 86 valence electrons. The van der Waals surface area contributed by atoms with Gasteiger partial charge in [-0.05, 0) is 24.1 Å². The van der Waals surface area contributed by atoms with Crippen molar-refractivity contribution in [3.8, 4) is 0 Å². The molecule has 5 heteroatoms. The van der Waals surface area contributed by atoms with Crippen molar-refractivity contribution < 1.29 is 0 Å². The molecule has 2 aromatic rings. The maximum Gasteiger partial charge on any atom is 0.323 e. The summed E-state index contributed by atoms with van der Waals surface area (Å²) in [7, 11) is 0. The van der Waals surface area contributed by atoms with Crippen molar-refractivity contribution in [2.24, 2.45) is 0 Å². The molecule has 2 N–H and O–H groups in total.